The van der Waals surface area contributed by atoms with Gasteiger partial charge < -0.3 is 10.2 Å². The second kappa shape index (κ2) is 7.30. The van der Waals surface area contributed by atoms with Crippen LogP contribution in [0, 0.1) is 0 Å². The molecule has 0 spiro atoms. The van der Waals surface area contributed by atoms with E-state index < -0.39 is 0 Å². The molecule has 0 saturated heterocycles. The molecule has 1 N–H and O–H groups in total. The van der Waals surface area contributed by atoms with Crippen molar-refractivity contribution in [2.75, 3.05) is 13.6 Å². The molecule has 0 aromatic heterocycles. The minimum Gasteiger partial charge on any atom is -0.353 e. The standard InChI is InChI=1S/C13H24N2O2/c1-3-4-9-15(2)13(17)10-12(16)14-11-7-5-6-8-11/h11H,3-10H2,1-2H3,(H,14,16). The summed E-state index contributed by atoms with van der Waals surface area (Å²) in [7, 11) is 1.76. The van der Waals surface area contributed by atoms with Crippen molar-refractivity contribution in [3.05, 3.63) is 0 Å². The maximum absolute atomic E-state index is 11.7. The molecule has 1 fully saturated rings. The summed E-state index contributed by atoms with van der Waals surface area (Å²) in [6, 6.07) is 0.302. The maximum atomic E-state index is 11.7. The van der Waals surface area contributed by atoms with Crippen LogP contribution in [0.2, 0.25) is 0 Å². The lowest BCUT2D eigenvalue weighted by atomic mass is 10.2. The summed E-state index contributed by atoms with van der Waals surface area (Å²) in [6.45, 7) is 2.83. The van der Waals surface area contributed by atoms with Gasteiger partial charge in [0.2, 0.25) is 11.8 Å². The predicted molar refractivity (Wildman–Crippen MR) is 67.6 cm³/mol. The van der Waals surface area contributed by atoms with Gasteiger partial charge in [-0.25, -0.2) is 0 Å². The van der Waals surface area contributed by atoms with E-state index in [1.165, 1.54) is 12.8 Å². The van der Waals surface area contributed by atoms with E-state index in [9.17, 15) is 9.59 Å². The lowest BCUT2D eigenvalue weighted by molar-refractivity contribution is -0.135. The van der Waals surface area contributed by atoms with E-state index in [1.807, 2.05) is 0 Å². The Morgan fingerprint density at radius 2 is 1.94 bits per heavy atom. The number of carbonyl (C=O) groups excluding carboxylic acids is 2. The molecule has 0 bridgehead atoms. The van der Waals surface area contributed by atoms with Crippen LogP contribution >= 0.6 is 0 Å². The molecule has 98 valence electrons. The van der Waals surface area contributed by atoms with Crippen LogP contribution in [0.3, 0.4) is 0 Å². The predicted octanol–water partition coefficient (Wildman–Crippen LogP) is 1.69. The number of nitrogens with one attached hydrogen (secondary N) is 1. The second-order valence-electron chi connectivity index (χ2n) is 4.89. The van der Waals surface area contributed by atoms with Crippen molar-refractivity contribution in [1.29, 1.82) is 0 Å². The van der Waals surface area contributed by atoms with Crippen LogP contribution in [0.5, 0.6) is 0 Å². The van der Waals surface area contributed by atoms with Crippen molar-refractivity contribution in [2.24, 2.45) is 0 Å². The molecule has 0 radical (unpaired) electrons. The Kier molecular flexibility index (Phi) is 6.01. The molecule has 0 atom stereocenters. The molecule has 17 heavy (non-hydrogen) atoms. The lowest BCUT2D eigenvalue weighted by Gasteiger charge is -2.17. The average Bonchev–Trinajstić information content (AvgIpc) is 2.78. The molecular formula is C13H24N2O2. The summed E-state index contributed by atoms with van der Waals surface area (Å²) in [6.07, 6.45) is 6.55. The highest BCUT2D eigenvalue weighted by Crippen LogP contribution is 2.17. The van der Waals surface area contributed by atoms with E-state index in [-0.39, 0.29) is 18.2 Å². The Morgan fingerprint density at radius 1 is 1.29 bits per heavy atom. The Hall–Kier alpha value is -1.06. The molecule has 1 saturated carbocycles. The van der Waals surface area contributed by atoms with E-state index in [2.05, 4.69) is 12.2 Å². The van der Waals surface area contributed by atoms with Crippen LogP contribution in [0.15, 0.2) is 0 Å². The zero-order chi connectivity index (χ0) is 12.7. The monoisotopic (exact) mass is 240 g/mol. The minimum atomic E-state index is -0.120. The summed E-state index contributed by atoms with van der Waals surface area (Å²) in [5.41, 5.74) is 0. The third-order valence-corrected chi connectivity index (χ3v) is 3.30. The summed E-state index contributed by atoms with van der Waals surface area (Å²) < 4.78 is 0. The highest BCUT2D eigenvalue weighted by molar-refractivity contribution is 5.96. The number of carbonyl (C=O) groups is 2. The van der Waals surface area contributed by atoms with Crippen LogP contribution in [0.4, 0.5) is 0 Å². The van der Waals surface area contributed by atoms with Gasteiger partial charge in [0.1, 0.15) is 6.42 Å². The first-order chi connectivity index (χ1) is 8.13. The quantitative estimate of drug-likeness (QED) is 0.718. The Balaban J connectivity index is 2.22. The van der Waals surface area contributed by atoms with Crippen LogP contribution in [-0.2, 0) is 9.59 Å². The van der Waals surface area contributed by atoms with E-state index in [0.29, 0.717) is 6.04 Å². The number of rotatable bonds is 6. The fourth-order valence-corrected chi connectivity index (χ4v) is 2.14. The van der Waals surface area contributed by atoms with E-state index in [1.54, 1.807) is 11.9 Å². The summed E-state index contributed by atoms with van der Waals surface area (Å²) in [4.78, 5) is 25.0. The zero-order valence-corrected chi connectivity index (χ0v) is 11.0. The zero-order valence-electron chi connectivity index (χ0n) is 11.0. The van der Waals surface area contributed by atoms with E-state index >= 15 is 0 Å². The van der Waals surface area contributed by atoms with Crippen LogP contribution < -0.4 is 5.32 Å². The van der Waals surface area contributed by atoms with Crippen molar-refractivity contribution in [3.8, 4) is 0 Å². The van der Waals surface area contributed by atoms with Crippen molar-refractivity contribution in [1.82, 2.24) is 10.2 Å². The van der Waals surface area contributed by atoms with Gasteiger partial charge in [-0.2, -0.15) is 0 Å². The Labute approximate surface area is 104 Å². The number of nitrogens with zero attached hydrogens (tertiary/aromatic N) is 1. The van der Waals surface area contributed by atoms with Gasteiger partial charge >= 0.3 is 0 Å². The van der Waals surface area contributed by atoms with E-state index in [4.69, 9.17) is 0 Å². The second-order valence-corrected chi connectivity index (χ2v) is 4.89. The average molecular weight is 240 g/mol. The summed E-state index contributed by atoms with van der Waals surface area (Å²) in [5, 5.41) is 2.93. The SMILES string of the molecule is CCCCN(C)C(=O)CC(=O)NC1CCCC1. The summed E-state index contributed by atoms with van der Waals surface area (Å²) in [5.74, 6) is -0.195. The first-order valence-electron chi connectivity index (χ1n) is 6.66. The molecule has 1 aliphatic carbocycles. The Morgan fingerprint density at radius 3 is 2.53 bits per heavy atom. The van der Waals surface area contributed by atoms with Gasteiger partial charge in [-0.15, -0.1) is 0 Å². The normalized spacial score (nSPS) is 15.9. The summed E-state index contributed by atoms with van der Waals surface area (Å²) >= 11 is 0. The number of hydrogen-bond acceptors (Lipinski definition) is 2. The maximum Gasteiger partial charge on any atom is 0.231 e. The van der Waals surface area contributed by atoms with Gasteiger partial charge in [0.25, 0.3) is 0 Å². The van der Waals surface area contributed by atoms with Crippen molar-refractivity contribution in [3.63, 3.8) is 0 Å². The molecule has 0 unspecified atom stereocenters. The molecule has 4 nitrogen and oxygen atoms in total. The van der Waals surface area contributed by atoms with Crippen molar-refractivity contribution < 1.29 is 9.59 Å². The first-order valence-corrected chi connectivity index (χ1v) is 6.66. The number of amides is 2. The molecule has 1 aliphatic rings. The van der Waals surface area contributed by atoms with Gasteiger partial charge in [0.05, 0.1) is 0 Å². The fraction of sp³-hybridized carbons (Fsp3) is 0.846. The smallest absolute Gasteiger partial charge is 0.231 e. The highest BCUT2D eigenvalue weighted by Gasteiger charge is 2.19. The fourth-order valence-electron chi connectivity index (χ4n) is 2.14. The van der Waals surface area contributed by atoms with Gasteiger partial charge in [-0.05, 0) is 19.3 Å². The molecular weight excluding hydrogens is 216 g/mol. The van der Waals surface area contributed by atoms with Gasteiger partial charge in [-0.1, -0.05) is 26.2 Å². The minimum absolute atomic E-state index is 0.00326. The molecule has 0 aliphatic heterocycles. The van der Waals surface area contributed by atoms with E-state index in [0.717, 1.165) is 32.2 Å². The Bertz CT molecular complexity index is 260. The molecule has 2 amide bonds. The van der Waals surface area contributed by atoms with Crippen LogP contribution in [0.1, 0.15) is 51.9 Å². The first kappa shape index (κ1) is 14.0. The largest absolute Gasteiger partial charge is 0.353 e. The molecule has 0 aromatic rings. The molecule has 0 aromatic carbocycles. The van der Waals surface area contributed by atoms with Gasteiger partial charge in [-0.3, -0.25) is 9.59 Å². The van der Waals surface area contributed by atoms with Crippen molar-refractivity contribution >= 4 is 11.8 Å². The highest BCUT2D eigenvalue weighted by atomic mass is 16.2. The number of hydrogen-bond donors (Lipinski definition) is 1. The lowest BCUT2D eigenvalue weighted by Crippen LogP contribution is -2.37. The van der Waals surface area contributed by atoms with Gasteiger partial charge in [0.15, 0.2) is 0 Å². The van der Waals surface area contributed by atoms with Crippen LogP contribution in [0.25, 0.3) is 0 Å². The third kappa shape index (κ3) is 5.20. The molecule has 4 heteroatoms. The molecule has 1 rings (SSSR count). The number of unbranched alkanes of at least 4 members (excludes halogenated alkanes) is 1. The molecule has 0 heterocycles. The topological polar surface area (TPSA) is 49.4 Å². The third-order valence-electron chi connectivity index (χ3n) is 3.30. The van der Waals surface area contributed by atoms with Crippen molar-refractivity contribution in [2.45, 2.75) is 57.9 Å². The van der Waals surface area contributed by atoms with Gasteiger partial charge in [0, 0.05) is 19.6 Å². The van der Waals surface area contributed by atoms with Crippen LogP contribution in [-0.4, -0.2) is 36.3 Å².